The fourth-order valence-electron chi connectivity index (χ4n) is 2.84. The van der Waals surface area contributed by atoms with Crippen molar-refractivity contribution in [2.75, 3.05) is 5.43 Å². The van der Waals surface area contributed by atoms with Crippen LogP contribution in [0.4, 0.5) is 10.1 Å². The van der Waals surface area contributed by atoms with Gasteiger partial charge in [-0.3, -0.25) is 10.8 Å². The molecule has 3 N–H and O–H groups in total. The van der Waals surface area contributed by atoms with Crippen LogP contribution in [0.15, 0.2) is 10.5 Å². The van der Waals surface area contributed by atoms with Crippen LogP contribution < -0.4 is 11.3 Å². The smallest absolute Gasteiger partial charge is 0.148 e. The van der Waals surface area contributed by atoms with Crippen molar-refractivity contribution in [3.05, 3.63) is 33.2 Å². The Labute approximate surface area is 119 Å². The minimum absolute atomic E-state index is 0.297. The number of nitrogens with two attached hydrogens (primary N) is 1. The Kier molecular flexibility index (Phi) is 3.19. The lowest BCUT2D eigenvalue weighted by molar-refractivity contribution is 0.630. The summed E-state index contributed by atoms with van der Waals surface area (Å²) in [6, 6.07) is 1.76. The molecule has 0 aliphatic heterocycles. The third kappa shape index (κ3) is 1.92. The number of aromatic nitrogens is 1. The monoisotopic (exact) mass is 323 g/mol. The topological polar surface area (TPSA) is 50.9 Å². The molecule has 0 radical (unpaired) electrons. The molecule has 0 amide bonds. The first-order valence-electron chi connectivity index (χ1n) is 6.40. The Morgan fingerprint density at radius 1 is 1.37 bits per heavy atom. The van der Waals surface area contributed by atoms with E-state index in [0.29, 0.717) is 21.1 Å². The molecule has 3 rings (SSSR count). The summed E-state index contributed by atoms with van der Waals surface area (Å²) >= 11 is 3.26. The van der Waals surface area contributed by atoms with Crippen molar-refractivity contribution < 1.29 is 4.39 Å². The van der Waals surface area contributed by atoms with Gasteiger partial charge in [-0.05, 0) is 65.7 Å². The molecule has 2 aromatic rings. The summed E-state index contributed by atoms with van der Waals surface area (Å²) in [5.74, 6) is 5.35. The van der Waals surface area contributed by atoms with E-state index in [2.05, 4.69) is 26.3 Å². The third-order valence-corrected chi connectivity index (χ3v) is 4.34. The second-order valence-corrected chi connectivity index (χ2v) is 5.83. The van der Waals surface area contributed by atoms with Crippen molar-refractivity contribution in [1.29, 1.82) is 0 Å². The van der Waals surface area contributed by atoms with E-state index in [9.17, 15) is 4.39 Å². The van der Waals surface area contributed by atoms with E-state index in [1.54, 1.807) is 6.07 Å². The van der Waals surface area contributed by atoms with Gasteiger partial charge >= 0.3 is 0 Å². The van der Waals surface area contributed by atoms with E-state index >= 15 is 0 Å². The number of aryl methyl sites for hydroxylation is 2. The quantitative estimate of drug-likeness (QED) is 0.622. The average molecular weight is 324 g/mol. The first-order chi connectivity index (χ1) is 9.13. The van der Waals surface area contributed by atoms with E-state index in [1.807, 2.05) is 6.92 Å². The van der Waals surface area contributed by atoms with Gasteiger partial charge in [-0.1, -0.05) is 0 Å². The Morgan fingerprint density at radius 3 is 2.84 bits per heavy atom. The summed E-state index contributed by atoms with van der Waals surface area (Å²) in [7, 11) is 0. The van der Waals surface area contributed by atoms with E-state index in [4.69, 9.17) is 5.84 Å². The van der Waals surface area contributed by atoms with E-state index in [1.165, 1.54) is 0 Å². The SMILES string of the molecule is Cc1cc(Br)c(F)c2c(NN)c3c(nc12)CCCC3. The molecular weight excluding hydrogens is 309 g/mol. The molecule has 1 aromatic carbocycles. The number of anilines is 1. The molecule has 3 nitrogen and oxygen atoms in total. The predicted octanol–water partition coefficient (Wildman–Crippen LogP) is 3.61. The molecule has 0 atom stereocenters. The molecule has 0 saturated heterocycles. The fraction of sp³-hybridized carbons (Fsp3) is 0.357. The maximum absolute atomic E-state index is 14.4. The van der Waals surface area contributed by atoms with Crippen LogP contribution in [-0.4, -0.2) is 4.98 Å². The van der Waals surface area contributed by atoms with Gasteiger partial charge in [0.1, 0.15) is 5.82 Å². The highest BCUT2D eigenvalue weighted by Gasteiger charge is 2.21. The van der Waals surface area contributed by atoms with E-state index < -0.39 is 0 Å². The summed E-state index contributed by atoms with van der Waals surface area (Å²) in [6.45, 7) is 1.94. The molecule has 0 spiro atoms. The molecule has 1 aromatic heterocycles. The first kappa shape index (κ1) is 12.8. The normalized spacial score (nSPS) is 14.5. The zero-order valence-electron chi connectivity index (χ0n) is 10.7. The molecule has 5 heteroatoms. The van der Waals surface area contributed by atoms with Crippen molar-refractivity contribution in [3.63, 3.8) is 0 Å². The average Bonchev–Trinajstić information content (AvgIpc) is 2.42. The van der Waals surface area contributed by atoms with Crippen molar-refractivity contribution in [3.8, 4) is 0 Å². The molecule has 0 unspecified atom stereocenters. The van der Waals surface area contributed by atoms with Crippen LogP contribution >= 0.6 is 15.9 Å². The molecule has 1 aliphatic rings. The number of hydrogen-bond acceptors (Lipinski definition) is 3. The summed E-state index contributed by atoms with van der Waals surface area (Å²) < 4.78 is 14.9. The predicted molar refractivity (Wildman–Crippen MR) is 78.6 cm³/mol. The van der Waals surface area contributed by atoms with Crippen LogP contribution in [0.3, 0.4) is 0 Å². The lowest BCUT2D eigenvalue weighted by Crippen LogP contribution is -2.16. The van der Waals surface area contributed by atoms with Gasteiger partial charge < -0.3 is 5.43 Å². The van der Waals surface area contributed by atoms with Gasteiger partial charge in [0.25, 0.3) is 0 Å². The fourth-order valence-corrected chi connectivity index (χ4v) is 3.38. The van der Waals surface area contributed by atoms with Crippen LogP contribution in [0, 0.1) is 12.7 Å². The number of hydrogen-bond donors (Lipinski definition) is 2. The lowest BCUT2D eigenvalue weighted by atomic mass is 9.92. The van der Waals surface area contributed by atoms with Crippen LogP contribution in [-0.2, 0) is 12.8 Å². The largest absolute Gasteiger partial charge is 0.323 e. The van der Waals surface area contributed by atoms with Crippen molar-refractivity contribution >= 4 is 32.5 Å². The van der Waals surface area contributed by atoms with Gasteiger partial charge in [0.15, 0.2) is 0 Å². The summed E-state index contributed by atoms with van der Waals surface area (Å²) in [4.78, 5) is 4.67. The number of hydrazine groups is 1. The second-order valence-electron chi connectivity index (χ2n) is 4.98. The number of fused-ring (bicyclic) bond motifs is 2. The summed E-state index contributed by atoms with van der Waals surface area (Å²) in [5.41, 5.74) is 7.16. The number of nitrogen functional groups attached to an aromatic ring is 1. The Bertz CT molecular complexity index is 670. The highest BCUT2D eigenvalue weighted by atomic mass is 79.9. The molecule has 0 fully saturated rings. The molecular formula is C14H15BrFN3. The van der Waals surface area contributed by atoms with Crippen LogP contribution in [0.2, 0.25) is 0 Å². The van der Waals surface area contributed by atoms with Gasteiger partial charge in [0, 0.05) is 5.69 Å². The zero-order valence-corrected chi connectivity index (χ0v) is 12.3. The molecule has 0 bridgehead atoms. The Balaban J connectivity index is 2.47. The molecule has 19 heavy (non-hydrogen) atoms. The van der Waals surface area contributed by atoms with E-state index in [0.717, 1.165) is 42.5 Å². The summed E-state index contributed by atoms with van der Waals surface area (Å²) in [5, 5.41) is 0.495. The summed E-state index contributed by atoms with van der Waals surface area (Å²) in [6.07, 6.45) is 4.08. The standard InChI is InChI=1S/C14H15BrFN3/c1-7-6-9(15)12(16)11-13(7)18-10-5-3-2-4-8(10)14(11)19-17/h6H,2-5,17H2,1H3,(H,18,19). The van der Waals surface area contributed by atoms with E-state index in [-0.39, 0.29) is 5.82 Å². The number of benzene rings is 1. The van der Waals surface area contributed by atoms with Crippen LogP contribution in [0.25, 0.3) is 10.9 Å². The highest BCUT2D eigenvalue weighted by molar-refractivity contribution is 9.10. The van der Waals surface area contributed by atoms with Crippen LogP contribution in [0.5, 0.6) is 0 Å². The minimum atomic E-state index is -0.297. The maximum Gasteiger partial charge on any atom is 0.148 e. The molecule has 1 heterocycles. The third-order valence-electron chi connectivity index (χ3n) is 3.76. The van der Waals surface area contributed by atoms with Gasteiger partial charge in [-0.25, -0.2) is 4.39 Å². The number of pyridine rings is 1. The number of rotatable bonds is 1. The van der Waals surface area contributed by atoms with Gasteiger partial charge in [0.2, 0.25) is 0 Å². The highest BCUT2D eigenvalue weighted by Crippen LogP contribution is 2.37. The van der Waals surface area contributed by atoms with Crippen molar-refractivity contribution in [1.82, 2.24) is 4.98 Å². The molecule has 1 aliphatic carbocycles. The Morgan fingerprint density at radius 2 is 2.11 bits per heavy atom. The maximum atomic E-state index is 14.4. The minimum Gasteiger partial charge on any atom is -0.323 e. The molecule has 0 saturated carbocycles. The van der Waals surface area contributed by atoms with Crippen LogP contribution in [0.1, 0.15) is 29.7 Å². The number of nitrogens with one attached hydrogen (secondary N) is 1. The zero-order chi connectivity index (χ0) is 13.6. The van der Waals surface area contributed by atoms with Gasteiger partial charge in [-0.2, -0.15) is 0 Å². The number of nitrogens with zero attached hydrogens (tertiary/aromatic N) is 1. The molecule has 100 valence electrons. The number of halogens is 2. The lowest BCUT2D eigenvalue weighted by Gasteiger charge is -2.21. The van der Waals surface area contributed by atoms with Crippen molar-refractivity contribution in [2.45, 2.75) is 32.6 Å². The van der Waals surface area contributed by atoms with Gasteiger partial charge in [-0.15, -0.1) is 0 Å². The Hall–Kier alpha value is -1.20. The van der Waals surface area contributed by atoms with Gasteiger partial charge in [0.05, 0.1) is 21.1 Å². The second kappa shape index (κ2) is 4.72. The first-order valence-corrected chi connectivity index (χ1v) is 7.19. The van der Waals surface area contributed by atoms with Crippen molar-refractivity contribution in [2.24, 2.45) is 5.84 Å².